The lowest BCUT2D eigenvalue weighted by atomic mass is 10.2. The zero-order valence-corrected chi connectivity index (χ0v) is 15.2. The van der Waals surface area contributed by atoms with Gasteiger partial charge in [-0.3, -0.25) is 0 Å². The highest BCUT2D eigenvalue weighted by molar-refractivity contribution is 9.10. The SMILES string of the molecule is CNS(=O)(=O)c1cc(NCc2cc(Br)c(C)s2)ccc1C. The molecule has 0 aliphatic rings. The predicted octanol–water partition coefficient (Wildman–Crippen LogP) is 3.65. The molecule has 0 fully saturated rings. The summed E-state index contributed by atoms with van der Waals surface area (Å²) in [5.74, 6) is 0. The molecule has 0 amide bonds. The number of hydrogen-bond donors (Lipinski definition) is 2. The second kappa shape index (κ2) is 6.48. The van der Waals surface area contributed by atoms with Crippen molar-refractivity contribution in [2.45, 2.75) is 25.3 Å². The number of hydrogen-bond acceptors (Lipinski definition) is 4. The van der Waals surface area contributed by atoms with Gasteiger partial charge in [-0.1, -0.05) is 6.07 Å². The molecule has 0 aliphatic carbocycles. The summed E-state index contributed by atoms with van der Waals surface area (Å²) in [5, 5.41) is 3.26. The van der Waals surface area contributed by atoms with E-state index < -0.39 is 10.0 Å². The number of halogens is 1. The zero-order chi connectivity index (χ0) is 15.6. The summed E-state index contributed by atoms with van der Waals surface area (Å²) in [5.41, 5.74) is 1.52. The largest absolute Gasteiger partial charge is 0.380 e. The summed E-state index contributed by atoms with van der Waals surface area (Å²) >= 11 is 5.20. The fourth-order valence-electron chi connectivity index (χ4n) is 1.90. The molecule has 0 spiro atoms. The first-order chi connectivity index (χ1) is 9.83. The Balaban J connectivity index is 2.20. The molecule has 0 bridgehead atoms. The summed E-state index contributed by atoms with van der Waals surface area (Å²) in [7, 11) is -2.01. The van der Waals surface area contributed by atoms with E-state index in [0.29, 0.717) is 11.4 Å². The summed E-state index contributed by atoms with van der Waals surface area (Å²) < 4.78 is 27.4. The van der Waals surface area contributed by atoms with Gasteiger partial charge in [-0.15, -0.1) is 11.3 Å². The number of aryl methyl sites for hydroxylation is 2. The van der Waals surface area contributed by atoms with Gasteiger partial charge in [-0.2, -0.15) is 0 Å². The normalized spacial score (nSPS) is 11.6. The monoisotopic (exact) mass is 388 g/mol. The molecule has 0 aliphatic heterocycles. The van der Waals surface area contributed by atoms with Gasteiger partial charge in [0.05, 0.1) is 4.90 Å². The van der Waals surface area contributed by atoms with Crippen LogP contribution in [0.5, 0.6) is 0 Å². The van der Waals surface area contributed by atoms with E-state index in [2.05, 4.69) is 39.0 Å². The van der Waals surface area contributed by atoms with Crippen LogP contribution in [-0.4, -0.2) is 15.5 Å². The van der Waals surface area contributed by atoms with Crippen LogP contribution in [0, 0.1) is 13.8 Å². The number of benzene rings is 1. The van der Waals surface area contributed by atoms with Gasteiger partial charge in [0.1, 0.15) is 0 Å². The van der Waals surface area contributed by atoms with Crippen LogP contribution in [0.2, 0.25) is 0 Å². The maximum absolute atomic E-state index is 12.0. The minimum atomic E-state index is -3.43. The quantitative estimate of drug-likeness (QED) is 0.821. The first kappa shape index (κ1) is 16.5. The van der Waals surface area contributed by atoms with E-state index in [0.717, 1.165) is 15.7 Å². The molecule has 4 nitrogen and oxygen atoms in total. The third-order valence-corrected chi connectivity index (χ3v) is 6.81. The summed E-state index contributed by atoms with van der Waals surface area (Å²) in [6, 6.07) is 7.44. The first-order valence-electron chi connectivity index (χ1n) is 6.36. The van der Waals surface area contributed by atoms with Crippen molar-refractivity contribution in [1.82, 2.24) is 4.72 Å². The highest BCUT2D eigenvalue weighted by atomic mass is 79.9. The smallest absolute Gasteiger partial charge is 0.240 e. The van der Waals surface area contributed by atoms with E-state index in [9.17, 15) is 8.42 Å². The molecule has 1 aromatic carbocycles. The van der Waals surface area contributed by atoms with Gasteiger partial charge in [-0.25, -0.2) is 13.1 Å². The van der Waals surface area contributed by atoms with Crippen LogP contribution in [0.1, 0.15) is 15.3 Å². The van der Waals surface area contributed by atoms with Crippen LogP contribution in [0.3, 0.4) is 0 Å². The third-order valence-electron chi connectivity index (χ3n) is 3.12. The number of nitrogens with one attached hydrogen (secondary N) is 2. The van der Waals surface area contributed by atoms with E-state index in [1.807, 2.05) is 12.1 Å². The Bertz CT molecular complexity index is 735. The lowest BCUT2D eigenvalue weighted by molar-refractivity contribution is 0.587. The van der Waals surface area contributed by atoms with Crippen molar-refractivity contribution in [2.75, 3.05) is 12.4 Å². The molecule has 2 rings (SSSR count). The number of anilines is 1. The number of sulfonamides is 1. The molecule has 2 N–H and O–H groups in total. The summed E-state index contributed by atoms with van der Waals surface area (Å²) in [4.78, 5) is 2.73. The van der Waals surface area contributed by atoms with Crippen LogP contribution in [0.25, 0.3) is 0 Å². The van der Waals surface area contributed by atoms with Crippen molar-refractivity contribution >= 4 is 43.0 Å². The van der Waals surface area contributed by atoms with Crippen molar-refractivity contribution in [1.29, 1.82) is 0 Å². The van der Waals surface area contributed by atoms with Gasteiger partial charge in [0, 0.05) is 26.5 Å². The van der Waals surface area contributed by atoms with Crippen molar-refractivity contribution in [2.24, 2.45) is 0 Å². The Morgan fingerprint density at radius 2 is 1.95 bits per heavy atom. The van der Waals surface area contributed by atoms with E-state index in [4.69, 9.17) is 0 Å². The minimum Gasteiger partial charge on any atom is -0.380 e. The molecule has 2 aromatic rings. The van der Waals surface area contributed by atoms with Gasteiger partial charge < -0.3 is 5.32 Å². The molecule has 114 valence electrons. The van der Waals surface area contributed by atoms with E-state index >= 15 is 0 Å². The Labute approximate surface area is 137 Å². The lowest BCUT2D eigenvalue weighted by Gasteiger charge is -2.10. The molecule has 0 radical (unpaired) electrons. The fraction of sp³-hybridized carbons (Fsp3) is 0.286. The van der Waals surface area contributed by atoms with Gasteiger partial charge in [0.15, 0.2) is 0 Å². The lowest BCUT2D eigenvalue weighted by Crippen LogP contribution is -2.19. The van der Waals surface area contributed by atoms with Crippen molar-refractivity contribution < 1.29 is 8.42 Å². The molecule has 21 heavy (non-hydrogen) atoms. The van der Waals surface area contributed by atoms with E-state index in [1.54, 1.807) is 24.3 Å². The topological polar surface area (TPSA) is 58.2 Å². The zero-order valence-electron chi connectivity index (χ0n) is 12.0. The predicted molar refractivity (Wildman–Crippen MR) is 91.5 cm³/mol. The van der Waals surface area contributed by atoms with Gasteiger partial charge in [0.2, 0.25) is 10.0 Å². The second-order valence-electron chi connectivity index (χ2n) is 4.66. The van der Waals surface area contributed by atoms with E-state index in [-0.39, 0.29) is 0 Å². The van der Waals surface area contributed by atoms with Gasteiger partial charge in [-0.05, 0) is 60.6 Å². The van der Waals surface area contributed by atoms with Crippen LogP contribution in [0.15, 0.2) is 33.6 Å². The molecule has 0 unspecified atom stereocenters. The summed E-state index contributed by atoms with van der Waals surface area (Å²) in [6.07, 6.45) is 0. The average molecular weight is 389 g/mol. The van der Waals surface area contributed by atoms with Crippen molar-refractivity contribution in [3.8, 4) is 0 Å². The number of thiophene rings is 1. The highest BCUT2D eigenvalue weighted by Gasteiger charge is 2.15. The molecule has 0 saturated carbocycles. The molecular weight excluding hydrogens is 372 g/mol. The molecule has 0 atom stereocenters. The maximum atomic E-state index is 12.0. The molecule has 1 heterocycles. The summed E-state index contributed by atoms with van der Waals surface area (Å²) in [6.45, 7) is 4.51. The molecule has 0 saturated heterocycles. The maximum Gasteiger partial charge on any atom is 0.240 e. The van der Waals surface area contributed by atoms with Crippen LogP contribution in [-0.2, 0) is 16.6 Å². The average Bonchev–Trinajstić information content (AvgIpc) is 2.76. The molecular formula is C14H17BrN2O2S2. The van der Waals surface area contributed by atoms with Crippen molar-refractivity contribution in [3.63, 3.8) is 0 Å². The molecule has 1 aromatic heterocycles. The molecule has 7 heteroatoms. The van der Waals surface area contributed by atoms with Crippen LogP contribution >= 0.6 is 27.3 Å². The van der Waals surface area contributed by atoms with E-state index in [1.165, 1.54) is 16.8 Å². The third kappa shape index (κ3) is 3.85. The van der Waals surface area contributed by atoms with Crippen LogP contribution in [0.4, 0.5) is 5.69 Å². The standard InChI is InChI=1S/C14H17BrN2O2S2/c1-9-4-5-11(6-14(9)21(18,19)16-3)17-8-12-7-13(15)10(2)20-12/h4-7,16-17H,8H2,1-3H3. The highest BCUT2D eigenvalue weighted by Crippen LogP contribution is 2.27. The Morgan fingerprint density at radius 1 is 1.24 bits per heavy atom. The van der Waals surface area contributed by atoms with Crippen molar-refractivity contribution in [3.05, 3.63) is 44.1 Å². The van der Waals surface area contributed by atoms with Crippen LogP contribution < -0.4 is 10.0 Å². The van der Waals surface area contributed by atoms with Gasteiger partial charge in [0.25, 0.3) is 0 Å². The fourth-order valence-corrected chi connectivity index (χ4v) is 4.44. The Hall–Kier alpha value is -0.890. The first-order valence-corrected chi connectivity index (χ1v) is 9.45. The van der Waals surface area contributed by atoms with Gasteiger partial charge >= 0.3 is 0 Å². The Kier molecular flexibility index (Phi) is 5.08. The number of rotatable bonds is 5. The Morgan fingerprint density at radius 3 is 2.52 bits per heavy atom. The second-order valence-corrected chi connectivity index (χ2v) is 8.71. The minimum absolute atomic E-state index is 0.304.